The molecule has 2 nitrogen and oxygen atoms in total. The fourth-order valence-corrected chi connectivity index (χ4v) is 1.50. The highest BCUT2D eigenvalue weighted by Crippen LogP contribution is 2.12. The summed E-state index contributed by atoms with van der Waals surface area (Å²) in [5, 5.41) is 3.44. The zero-order chi connectivity index (χ0) is 8.10. The maximum Gasteiger partial charge on any atom is 0.0714 e. The van der Waals surface area contributed by atoms with E-state index in [1.807, 2.05) is 0 Å². The first-order chi connectivity index (χ1) is 5.36. The van der Waals surface area contributed by atoms with Gasteiger partial charge in [-0.1, -0.05) is 13.8 Å². The molecule has 66 valence electrons. The molecule has 2 atom stereocenters. The van der Waals surface area contributed by atoms with Gasteiger partial charge in [-0.3, -0.25) is 0 Å². The molecule has 11 heavy (non-hydrogen) atoms. The van der Waals surface area contributed by atoms with E-state index in [0.29, 0.717) is 12.1 Å². The van der Waals surface area contributed by atoms with Crippen LogP contribution in [-0.4, -0.2) is 25.3 Å². The lowest BCUT2D eigenvalue weighted by atomic mass is 10.1. The van der Waals surface area contributed by atoms with Crippen molar-refractivity contribution in [2.75, 3.05) is 13.2 Å². The van der Waals surface area contributed by atoms with Crippen LogP contribution < -0.4 is 5.32 Å². The molecule has 0 radical (unpaired) electrons. The maximum atomic E-state index is 5.62. The van der Waals surface area contributed by atoms with Gasteiger partial charge in [0.05, 0.1) is 6.10 Å². The van der Waals surface area contributed by atoms with Crippen LogP contribution in [0.5, 0.6) is 0 Å². The second-order valence-corrected chi connectivity index (χ2v) is 3.24. The fraction of sp³-hybridized carbons (Fsp3) is 1.00. The molecule has 0 spiro atoms. The lowest BCUT2D eigenvalue weighted by Crippen LogP contribution is -2.20. The molecular formula is C9H19NO. The van der Waals surface area contributed by atoms with Gasteiger partial charge >= 0.3 is 0 Å². The quantitative estimate of drug-likeness (QED) is 0.668. The normalized spacial score (nSPS) is 31.1. The van der Waals surface area contributed by atoms with Crippen LogP contribution >= 0.6 is 0 Å². The van der Waals surface area contributed by atoms with E-state index in [0.717, 1.165) is 19.6 Å². The van der Waals surface area contributed by atoms with Gasteiger partial charge in [0.1, 0.15) is 0 Å². The van der Waals surface area contributed by atoms with Gasteiger partial charge in [-0.05, 0) is 19.3 Å². The largest absolute Gasteiger partial charge is 0.377 e. The second kappa shape index (κ2) is 4.73. The van der Waals surface area contributed by atoms with Gasteiger partial charge in [0.25, 0.3) is 0 Å². The van der Waals surface area contributed by atoms with Crippen LogP contribution in [0.1, 0.15) is 33.1 Å². The Bertz CT molecular complexity index is 106. The van der Waals surface area contributed by atoms with Gasteiger partial charge in [0, 0.05) is 19.2 Å². The van der Waals surface area contributed by atoms with Crippen molar-refractivity contribution in [2.24, 2.45) is 0 Å². The van der Waals surface area contributed by atoms with Crippen LogP contribution in [-0.2, 0) is 4.74 Å². The van der Waals surface area contributed by atoms with Crippen LogP contribution in [0.4, 0.5) is 0 Å². The van der Waals surface area contributed by atoms with Crippen molar-refractivity contribution in [3.63, 3.8) is 0 Å². The molecule has 1 saturated heterocycles. The van der Waals surface area contributed by atoms with Gasteiger partial charge < -0.3 is 10.1 Å². The Morgan fingerprint density at radius 2 is 2.27 bits per heavy atom. The highest BCUT2D eigenvalue weighted by atomic mass is 16.5. The first-order valence-corrected chi connectivity index (χ1v) is 4.71. The Balaban J connectivity index is 2.09. The van der Waals surface area contributed by atoms with Crippen LogP contribution in [0.25, 0.3) is 0 Å². The molecule has 2 heteroatoms. The van der Waals surface area contributed by atoms with Crippen LogP contribution in [0.15, 0.2) is 0 Å². The van der Waals surface area contributed by atoms with E-state index < -0.39 is 0 Å². The number of rotatable bonds is 4. The molecule has 1 fully saturated rings. The van der Waals surface area contributed by atoms with Crippen LogP contribution in [0, 0.1) is 0 Å². The van der Waals surface area contributed by atoms with Gasteiger partial charge in [-0.2, -0.15) is 0 Å². The van der Waals surface area contributed by atoms with Gasteiger partial charge in [0.2, 0.25) is 0 Å². The molecule has 0 aromatic rings. The number of hydrogen-bond acceptors (Lipinski definition) is 2. The molecule has 1 N–H and O–H groups in total. The molecule has 1 aliphatic heterocycles. The summed E-state index contributed by atoms with van der Waals surface area (Å²) in [5.74, 6) is 0. The van der Waals surface area contributed by atoms with Crippen molar-refractivity contribution in [1.82, 2.24) is 5.32 Å². The van der Waals surface area contributed by atoms with Gasteiger partial charge in [-0.15, -0.1) is 0 Å². The summed E-state index contributed by atoms with van der Waals surface area (Å²) in [6.07, 6.45) is 4.05. The van der Waals surface area contributed by atoms with E-state index in [1.165, 1.54) is 12.8 Å². The Morgan fingerprint density at radius 1 is 1.45 bits per heavy atom. The monoisotopic (exact) mass is 157 g/mol. The molecule has 1 aliphatic rings. The number of ether oxygens (including phenoxy) is 1. The summed E-state index contributed by atoms with van der Waals surface area (Å²) < 4.78 is 5.62. The van der Waals surface area contributed by atoms with Crippen molar-refractivity contribution >= 4 is 0 Å². The van der Waals surface area contributed by atoms with Crippen molar-refractivity contribution in [1.29, 1.82) is 0 Å². The summed E-state index contributed by atoms with van der Waals surface area (Å²) >= 11 is 0. The average Bonchev–Trinajstić information content (AvgIpc) is 2.48. The van der Waals surface area contributed by atoms with E-state index in [4.69, 9.17) is 4.74 Å². The third-order valence-corrected chi connectivity index (χ3v) is 2.23. The molecule has 0 aromatic heterocycles. The molecule has 0 aliphatic carbocycles. The topological polar surface area (TPSA) is 21.3 Å². The first kappa shape index (κ1) is 9.01. The highest BCUT2D eigenvalue weighted by molar-refractivity contribution is 4.80. The maximum absolute atomic E-state index is 5.62. The van der Waals surface area contributed by atoms with Gasteiger partial charge in [-0.25, -0.2) is 0 Å². The summed E-state index contributed by atoms with van der Waals surface area (Å²) in [5.41, 5.74) is 0. The smallest absolute Gasteiger partial charge is 0.0714 e. The lowest BCUT2D eigenvalue weighted by molar-refractivity contribution is 0.0658. The third-order valence-electron chi connectivity index (χ3n) is 2.23. The highest BCUT2D eigenvalue weighted by Gasteiger charge is 2.22. The number of nitrogens with one attached hydrogen (secondary N) is 1. The Kier molecular flexibility index (Phi) is 3.87. The minimum Gasteiger partial charge on any atom is -0.377 e. The molecule has 2 unspecified atom stereocenters. The second-order valence-electron chi connectivity index (χ2n) is 3.24. The Hall–Kier alpha value is -0.0800. The summed E-state index contributed by atoms with van der Waals surface area (Å²) in [6, 6.07) is 0.705. The Labute approximate surface area is 69.3 Å². The SMILES string of the molecule is CCCOC1CNC(CC)C1. The molecule has 1 rings (SSSR count). The van der Waals surface area contributed by atoms with Gasteiger partial charge in [0.15, 0.2) is 0 Å². The lowest BCUT2D eigenvalue weighted by Gasteiger charge is -2.09. The minimum atomic E-state index is 0.486. The minimum absolute atomic E-state index is 0.486. The first-order valence-electron chi connectivity index (χ1n) is 4.71. The fourth-order valence-electron chi connectivity index (χ4n) is 1.50. The van der Waals surface area contributed by atoms with E-state index in [1.54, 1.807) is 0 Å². The average molecular weight is 157 g/mol. The van der Waals surface area contributed by atoms with Crippen LogP contribution in [0.2, 0.25) is 0 Å². The predicted octanol–water partition coefficient (Wildman–Crippen LogP) is 1.55. The third kappa shape index (κ3) is 2.80. The van der Waals surface area contributed by atoms with Crippen LogP contribution in [0.3, 0.4) is 0 Å². The predicted molar refractivity (Wildman–Crippen MR) is 46.7 cm³/mol. The zero-order valence-corrected chi connectivity index (χ0v) is 7.60. The van der Waals surface area contributed by atoms with Crippen molar-refractivity contribution in [3.8, 4) is 0 Å². The molecule has 0 saturated carbocycles. The molecule has 0 aromatic carbocycles. The molecule has 1 heterocycles. The molecular weight excluding hydrogens is 138 g/mol. The summed E-state index contributed by atoms with van der Waals surface area (Å²) in [6.45, 7) is 6.35. The Morgan fingerprint density at radius 3 is 2.82 bits per heavy atom. The molecule has 0 amide bonds. The van der Waals surface area contributed by atoms with E-state index >= 15 is 0 Å². The molecule has 0 bridgehead atoms. The van der Waals surface area contributed by atoms with Crippen molar-refractivity contribution in [3.05, 3.63) is 0 Å². The van der Waals surface area contributed by atoms with E-state index in [-0.39, 0.29) is 0 Å². The van der Waals surface area contributed by atoms with Crippen molar-refractivity contribution < 1.29 is 4.74 Å². The van der Waals surface area contributed by atoms with Crippen molar-refractivity contribution in [2.45, 2.75) is 45.3 Å². The number of hydrogen-bond donors (Lipinski definition) is 1. The summed E-state index contributed by atoms with van der Waals surface area (Å²) in [4.78, 5) is 0. The summed E-state index contributed by atoms with van der Waals surface area (Å²) in [7, 11) is 0. The van der Waals surface area contributed by atoms with E-state index in [9.17, 15) is 0 Å². The van der Waals surface area contributed by atoms with E-state index in [2.05, 4.69) is 19.2 Å². The standard InChI is InChI=1S/C9H19NO/c1-3-5-11-9-6-8(4-2)10-7-9/h8-10H,3-7H2,1-2H3. The zero-order valence-electron chi connectivity index (χ0n) is 7.60.